The number of anilines is 6. The van der Waals surface area contributed by atoms with Gasteiger partial charge in [-0.05, 0) is 109 Å². The number of nitrogen functional groups attached to an aromatic ring is 2. The molecule has 0 unspecified atom stereocenters. The smallest absolute Gasteiger partial charge is 0.294 e. The maximum Gasteiger partial charge on any atom is 0.294 e. The van der Waals surface area contributed by atoms with E-state index in [2.05, 4.69) is 83.7 Å². The number of nitrogens with zero attached hydrogens (tertiary/aromatic N) is 5. The van der Waals surface area contributed by atoms with Gasteiger partial charge < -0.3 is 22.1 Å². The molecule has 2 aromatic heterocycles. The third-order valence-corrected chi connectivity index (χ3v) is 8.64. The van der Waals surface area contributed by atoms with Crippen LogP contribution in [0.15, 0.2) is 131 Å². The van der Waals surface area contributed by atoms with Crippen molar-refractivity contribution in [2.75, 3.05) is 22.1 Å². The van der Waals surface area contributed by atoms with Crippen LogP contribution in [0.1, 0.15) is 35.6 Å². The number of carbonyl (C=O) groups excluding carboxylic acids is 2. The summed E-state index contributed by atoms with van der Waals surface area (Å²) in [6.45, 7) is 6.46. The van der Waals surface area contributed by atoms with Crippen LogP contribution in [0, 0.1) is 23.3 Å². The van der Waals surface area contributed by atoms with E-state index in [1.54, 1.807) is 0 Å². The van der Waals surface area contributed by atoms with E-state index in [0.717, 1.165) is 48.5 Å². The number of hydrazine groups is 1. The Labute approximate surface area is 378 Å². The van der Waals surface area contributed by atoms with Crippen LogP contribution in [0.4, 0.5) is 57.4 Å². The van der Waals surface area contributed by atoms with Crippen LogP contribution in [-0.4, -0.2) is 67.0 Å². The zero-order valence-electron chi connectivity index (χ0n) is 32.0. The maximum atomic E-state index is 13.8. The molecule has 2 heterocycles. The number of hydrogen-bond acceptors (Lipinski definition) is 16. The van der Waals surface area contributed by atoms with Gasteiger partial charge in [0.25, 0.3) is 31.4 Å². The molecule has 4 aromatic carbocycles. The Kier molecular flexibility index (Phi) is 25.7. The highest BCUT2D eigenvalue weighted by atomic mass is 35.5. The van der Waals surface area contributed by atoms with E-state index in [-0.39, 0.29) is 47.2 Å². The molecule has 354 valence electrons. The van der Waals surface area contributed by atoms with Gasteiger partial charge in [-0.1, -0.05) is 38.4 Å². The van der Waals surface area contributed by atoms with Crippen molar-refractivity contribution in [2.45, 2.75) is 24.6 Å². The highest BCUT2D eigenvalue weighted by molar-refractivity contribution is 7.86. The monoisotopic (exact) mass is 986 g/mol. The fourth-order valence-electron chi connectivity index (χ4n) is 4.12. The minimum absolute atomic E-state index is 0. The Hall–Kier alpha value is -7.76. The molecule has 66 heavy (non-hydrogen) atoms. The van der Waals surface area contributed by atoms with E-state index in [1.807, 2.05) is 0 Å². The second-order valence-electron chi connectivity index (χ2n) is 10.9. The first-order valence-corrected chi connectivity index (χ1v) is 19.5. The third-order valence-electron chi connectivity index (χ3n) is 6.72. The first-order chi connectivity index (χ1) is 29.7. The molecule has 0 spiro atoms. The molecular weight excluding hydrogens is 947 g/mol. The number of benzene rings is 4. The third kappa shape index (κ3) is 18.5. The Morgan fingerprint density at radius 3 is 1.38 bits per heavy atom. The number of nitrogens with two attached hydrogens (primary N) is 4. The average molecular weight is 987 g/mol. The average Bonchev–Trinajstić information content (AvgIpc) is 3.81. The SMILES string of the molecule is C.C.C=C=C=C=C=C.F.NN.Nc1nc(Nc2ccc(S(=O)(=O)O)cc2)n[nH]1.Nc1nc(Nc2ccc(S(=O)(=O)O)cc2)nn1C(=O)c1c(F)cccc1F.O=C(Cl)c1c(F)cccc1F. The summed E-state index contributed by atoms with van der Waals surface area (Å²) in [6, 6.07) is 16.3. The van der Waals surface area contributed by atoms with E-state index in [4.69, 9.17) is 32.2 Å². The van der Waals surface area contributed by atoms with Crippen molar-refractivity contribution >= 4 is 78.2 Å². The highest BCUT2D eigenvalue weighted by Gasteiger charge is 2.23. The predicted molar refractivity (Wildman–Crippen MR) is 237 cm³/mol. The molecular formula is C38H40ClF5N12O8S2. The fourth-order valence-corrected chi connectivity index (χ4v) is 5.26. The lowest BCUT2D eigenvalue weighted by molar-refractivity contribution is 0.0939. The van der Waals surface area contributed by atoms with Gasteiger partial charge in [0.1, 0.15) is 34.4 Å². The molecule has 0 saturated heterocycles. The van der Waals surface area contributed by atoms with Gasteiger partial charge in [0.15, 0.2) is 0 Å². The van der Waals surface area contributed by atoms with Crippen LogP contribution >= 0.6 is 11.6 Å². The summed E-state index contributed by atoms with van der Waals surface area (Å²) in [4.78, 5) is 29.8. The largest absolute Gasteiger partial charge is 0.368 e. The van der Waals surface area contributed by atoms with E-state index >= 15 is 0 Å². The topological polar surface area (TPSA) is 343 Å². The van der Waals surface area contributed by atoms with E-state index in [0.29, 0.717) is 16.1 Å². The predicted octanol–water partition coefficient (Wildman–Crippen LogP) is 6.20. The van der Waals surface area contributed by atoms with Crippen LogP contribution in [0.25, 0.3) is 0 Å². The number of H-pyrrole nitrogens is 1. The van der Waals surface area contributed by atoms with Crippen LogP contribution in [0.5, 0.6) is 0 Å². The highest BCUT2D eigenvalue weighted by Crippen LogP contribution is 2.21. The quantitative estimate of drug-likeness (QED) is 0.0204. The lowest BCUT2D eigenvalue weighted by Crippen LogP contribution is -2.19. The number of hydrogen-bond donors (Lipinski definition) is 9. The Morgan fingerprint density at radius 1 is 0.682 bits per heavy atom. The summed E-state index contributed by atoms with van der Waals surface area (Å²) in [5.41, 5.74) is 19.8. The molecule has 0 aliphatic rings. The van der Waals surface area contributed by atoms with Gasteiger partial charge in [0.05, 0.1) is 9.79 Å². The van der Waals surface area contributed by atoms with Crippen molar-refractivity contribution in [1.29, 1.82) is 0 Å². The number of rotatable bonds is 8. The molecule has 0 aliphatic carbocycles. The second kappa shape index (κ2) is 28.1. The van der Waals surface area contributed by atoms with Gasteiger partial charge in [-0.25, -0.2) is 22.7 Å². The van der Waals surface area contributed by atoms with Crippen LogP contribution in [0.2, 0.25) is 0 Å². The molecule has 0 atom stereocenters. The van der Waals surface area contributed by atoms with Gasteiger partial charge in [0.2, 0.25) is 23.8 Å². The van der Waals surface area contributed by atoms with Crippen LogP contribution in [-0.2, 0) is 20.2 Å². The van der Waals surface area contributed by atoms with Crippen molar-refractivity contribution in [3.05, 3.63) is 155 Å². The van der Waals surface area contributed by atoms with Crippen molar-refractivity contribution in [3.8, 4) is 0 Å². The molecule has 20 nitrogen and oxygen atoms in total. The number of aromatic nitrogens is 6. The molecule has 0 amide bonds. The first-order valence-electron chi connectivity index (χ1n) is 16.3. The van der Waals surface area contributed by atoms with Gasteiger partial charge >= 0.3 is 0 Å². The van der Waals surface area contributed by atoms with Crippen molar-refractivity contribution in [3.63, 3.8) is 0 Å². The molecule has 0 saturated carbocycles. The van der Waals surface area contributed by atoms with Crippen molar-refractivity contribution in [1.82, 2.24) is 29.9 Å². The second-order valence-corrected chi connectivity index (χ2v) is 14.1. The normalized spacial score (nSPS) is 9.59. The molecule has 0 fully saturated rings. The summed E-state index contributed by atoms with van der Waals surface area (Å²) < 4.78 is 114. The lowest BCUT2D eigenvalue weighted by Gasteiger charge is -2.04. The minimum atomic E-state index is -4.34. The summed E-state index contributed by atoms with van der Waals surface area (Å²) in [7, 11) is -8.52. The molecule has 0 aliphatic heterocycles. The zero-order chi connectivity index (χ0) is 47.5. The van der Waals surface area contributed by atoms with E-state index in [9.17, 15) is 44.0 Å². The van der Waals surface area contributed by atoms with E-state index in [1.165, 1.54) is 36.4 Å². The lowest BCUT2D eigenvalue weighted by atomic mass is 10.2. The van der Waals surface area contributed by atoms with E-state index < -0.39 is 71.7 Å². The Bertz CT molecular complexity index is 2880. The van der Waals surface area contributed by atoms with Crippen LogP contribution < -0.4 is 33.8 Å². The molecule has 0 bridgehead atoms. The molecule has 6 rings (SSSR count). The molecule has 28 heteroatoms. The first kappa shape index (κ1) is 60.3. The van der Waals surface area contributed by atoms with Gasteiger partial charge in [0, 0.05) is 11.4 Å². The van der Waals surface area contributed by atoms with Crippen molar-refractivity contribution in [2.24, 2.45) is 11.7 Å². The number of halogens is 6. The molecule has 0 radical (unpaired) electrons. The summed E-state index contributed by atoms with van der Waals surface area (Å²) >= 11 is 4.89. The zero-order valence-corrected chi connectivity index (χ0v) is 34.4. The summed E-state index contributed by atoms with van der Waals surface area (Å²) in [5, 5.41) is 14.2. The maximum absolute atomic E-state index is 13.8. The standard InChI is InChI=1S/C15H11F2N5O4S.C8H9N5O3S.C7H3ClF2O.C6H4.2CH4.FH.H4N2/c16-10-2-1-3-11(17)12(10)13(23)22-14(18)20-15(21-22)19-8-4-6-9(7-5-8)27(24,25)26;9-7-11-8(13-12-7)10-5-1-3-6(4-2-5)17(14,15)16;8-7(11)6-4(9)2-1-3-5(6)10;1-3-5-6-4-2;;;;1-2/h1-7H,(H,24,25,26)(H3,18,19,20,21);1-4H,(H,14,15,16)(H4,9,10,11,12,13);1-3H;1-2H2;2*1H4;1H;1-2H2. The molecule has 13 N–H and O–H groups in total. The van der Waals surface area contributed by atoms with Crippen molar-refractivity contribution < 1.29 is 57.8 Å². The van der Waals surface area contributed by atoms with Gasteiger partial charge in [-0.15, -0.1) is 10.2 Å². The summed E-state index contributed by atoms with van der Waals surface area (Å²) in [6.07, 6.45) is 0. The number of nitrogens with one attached hydrogen (secondary N) is 3. The van der Waals surface area contributed by atoms with Gasteiger partial charge in [-0.2, -0.15) is 31.5 Å². The Balaban J connectivity index is 0. The minimum Gasteiger partial charge on any atom is -0.368 e. The Morgan fingerprint density at radius 2 is 1.06 bits per heavy atom. The summed E-state index contributed by atoms with van der Waals surface area (Å²) in [5.74, 6) is 2.66. The number of carbonyl (C=O) groups is 2. The van der Waals surface area contributed by atoms with Gasteiger partial charge in [-0.3, -0.25) is 35.1 Å². The fraction of sp³-hybridized carbons (Fsp3) is 0.0526. The van der Waals surface area contributed by atoms with Crippen LogP contribution in [0.3, 0.4) is 0 Å². The number of aromatic amines is 1. The molecule has 6 aromatic rings.